The first-order valence-electron chi connectivity index (χ1n) is 7.44. The summed E-state index contributed by atoms with van der Waals surface area (Å²) in [7, 11) is 2.16. The number of nitrogens with zero attached hydrogens (tertiary/aromatic N) is 1. The van der Waals surface area contributed by atoms with Crippen LogP contribution in [0.15, 0.2) is 30.3 Å². The first-order chi connectivity index (χ1) is 11.3. The molecule has 0 unspecified atom stereocenters. The van der Waals surface area contributed by atoms with Crippen molar-refractivity contribution in [3.05, 3.63) is 35.9 Å². The molecular formula is C16H23NO7. The van der Waals surface area contributed by atoms with Gasteiger partial charge in [0.1, 0.15) is 0 Å². The van der Waals surface area contributed by atoms with E-state index in [9.17, 15) is 9.59 Å². The minimum atomic E-state index is -2.27. The van der Waals surface area contributed by atoms with Crippen molar-refractivity contribution in [2.75, 3.05) is 20.2 Å². The summed E-state index contributed by atoms with van der Waals surface area (Å²) in [5, 5.41) is 32.5. The monoisotopic (exact) mass is 341 g/mol. The number of ether oxygens (including phenoxy) is 1. The Bertz CT molecular complexity index is 518. The zero-order valence-corrected chi connectivity index (χ0v) is 13.6. The van der Waals surface area contributed by atoms with Gasteiger partial charge in [-0.15, -0.1) is 0 Å². The number of carboxylic acids is 2. The molecule has 0 aliphatic carbocycles. The topological polar surface area (TPSA) is 128 Å². The minimum absolute atomic E-state index is 0.231. The Kier molecular flexibility index (Phi) is 7.80. The van der Waals surface area contributed by atoms with E-state index in [1.54, 1.807) is 0 Å². The average Bonchev–Trinajstić information content (AvgIpc) is 2.57. The van der Waals surface area contributed by atoms with Gasteiger partial charge < -0.3 is 25.2 Å². The van der Waals surface area contributed by atoms with Crippen molar-refractivity contribution in [3.8, 4) is 0 Å². The molecule has 0 aromatic heterocycles. The molecule has 8 nitrogen and oxygen atoms in total. The molecule has 1 fully saturated rings. The summed E-state index contributed by atoms with van der Waals surface area (Å²) in [5.41, 5.74) is 1.28. The maximum absolute atomic E-state index is 9.77. The van der Waals surface area contributed by atoms with Crippen LogP contribution >= 0.6 is 0 Å². The molecule has 1 aromatic carbocycles. The first-order valence-corrected chi connectivity index (χ1v) is 7.44. The number of likely N-dealkylation sites (N-methyl/N-ethyl adjacent to an activating group) is 1. The van der Waals surface area contributed by atoms with E-state index in [1.807, 2.05) is 6.07 Å². The van der Waals surface area contributed by atoms with Crippen molar-refractivity contribution in [1.29, 1.82) is 0 Å². The number of carbonyl (C=O) groups is 2. The van der Waals surface area contributed by atoms with Gasteiger partial charge in [-0.2, -0.15) is 0 Å². The number of benzene rings is 1. The molecule has 1 aromatic rings. The van der Waals surface area contributed by atoms with E-state index in [0.29, 0.717) is 6.04 Å². The Morgan fingerprint density at radius 1 is 1.12 bits per heavy atom. The normalized spacial score (nSPS) is 23.5. The van der Waals surface area contributed by atoms with Crippen LogP contribution in [0.25, 0.3) is 0 Å². The third-order valence-electron chi connectivity index (χ3n) is 3.81. The van der Waals surface area contributed by atoms with Gasteiger partial charge in [0.25, 0.3) is 0 Å². The molecule has 1 heterocycles. The largest absolute Gasteiger partial charge is 0.479 e. The maximum Gasteiger partial charge on any atom is 0.335 e. The highest BCUT2D eigenvalue weighted by atomic mass is 16.5. The van der Waals surface area contributed by atoms with Crippen LogP contribution < -0.4 is 0 Å². The van der Waals surface area contributed by atoms with Crippen molar-refractivity contribution in [2.24, 2.45) is 0 Å². The molecule has 0 bridgehead atoms. The SMILES string of the molecule is C[C@H]1[C@H](c2ccccc2)OCCN1C.O=C(O)[C@@H](O)[C@H](O)C(=O)O. The van der Waals surface area contributed by atoms with Crippen LogP contribution in [0.2, 0.25) is 0 Å². The highest BCUT2D eigenvalue weighted by molar-refractivity contribution is 5.83. The quantitative estimate of drug-likeness (QED) is 0.600. The van der Waals surface area contributed by atoms with E-state index in [2.05, 4.69) is 43.1 Å². The van der Waals surface area contributed by atoms with Crippen LogP contribution in [-0.4, -0.2) is 75.7 Å². The zero-order chi connectivity index (χ0) is 18.3. The van der Waals surface area contributed by atoms with Gasteiger partial charge in [0.15, 0.2) is 12.2 Å². The summed E-state index contributed by atoms with van der Waals surface area (Å²) in [4.78, 5) is 21.9. The highest BCUT2D eigenvalue weighted by Crippen LogP contribution is 2.26. The van der Waals surface area contributed by atoms with E-state index in [4.69, 9.17) is 25.2 Å². The second-order valence-electron chi connectivity index (χ2n) is 5.49. The third kappa shape index (κ3) is 5.57. The number of aliphatic hydroxyl groups excluding tert-OH is 2. The van der Waals surface area contributed by atoms with Gasteiger partial charge in [-0.25, -0.2) is 9.59 Å². The fraction of sp³-hybridized carbons (Fsp3) is 0.500. The predicted octanol–water partition coefficient (Wildman–Crippen LogP) is -0.0444. The van der Waals surface area contributed by atoms with Gasteiger partial charge in [-0.3, -0.25) is 4.90 Å². The third-order valence-corrected chi connectivity index (χ3v) is 3.81. The summed E-state index contributed by atoms with van der Waals surface area (Å²) in [6, 6.07) is 10.9. The van der Waals surface area contributed by atoms with Gasteiger partial charge in [0, 0.05) is 12.6 Å². The lowest BCUT2D eigenvalue weighted by Gasteiger charge is -2.37. The molecule has 4 N–H and O–H groups in total. The summed E-state index contributed by atoms with van der Waals surface area (Å²) < 4.78 is 5.80. The van der Waals surface area contributed by atoms with Crippen LogP contribution in [0.5, 0.6) is 0 Å². The Balaban J connectivity index is 0.000000257. The highest BCUT2D eigenvalue weighted by Gasteiger charge is 2.29. The molecule has 2 rings (SSSR count). The predicted molar refractivity (Wildman–Crippen MR) is 84.5 cm³/mol. The molecule has 0 radical (unpaired) electrons. The fourth-order valence-electron chi connectivity index (χ4n) is 2.19. The van der Waals surface area contributed by atoms with Gasteiger partial charge in [0.05, 0.1) is 12.7 Å². The van der Waals surface area contributed by atoms with E-state index in [-0.39, 0.29) is 6.10 Å². The van der Waals surface area contributed by atoms with Crippen molar-refractivity contribution in [2.45, 2.75) is 31.3 Å². The number of hydrogen-bond donors (Lipinski definition) is 4. The van der Waals surface area contributed by atoms with Gasteiger partial charge in [-0.1, -0.05) is 30.3 Å². The second kappa shape index (κ2) is 9.33. The molecule has 1 saturated heterocycles. The molecular weight excluding hydrogens is 318 g/mol. The van der Waals surface area contributed by atoms with Gasteiger partial charge in [0.2, 0.25) is 0 Å². The molecule has 0 saturated carbocycles. The number of morpholine rings is 1. The smallest absolute Gasteiger partial charge is 0.335 e. The van der Waals surface area contributed by atoms with E-state index >= 15 is 0 Å². The van der Waals surface area contributed by atoms with Crippen molar-refractivity contribution >= 4 is 11.9 Å². The van der Waals surface area contributed by atoms with E-state index in [0.717, 1.165) is 13.2 Å². The summed E-state index contributed by atoms with van der Waals surface area (Å²) >= 11 is 0. The van der Waals surface area contributed by atoms with Crippen molar-refractivity contribution < 1.29 is 34.8 Å². The Labute approximate surface area is 139 Å². The standard InChI is InChI=1S/C12H17NO.C4H6O6/c1-10-12(14-9-8-13(10)2)11-6-4-3-5-7-11;5-1(3(7)8)2(6)4(9)10/h3-7,10,12H,8-9H2,1-2H3;1-2,5-6H,(H,7,8)(H,9,10)/t10-,12+;1-,2-/m00/s1. The van der Waals surface area contributed by atoms with Crippen LogP contribution in [0.3, 0.4) is 0 Å². The van der Waals surface area contributed by atoms with Crippen LogP contribution in [0, 0.1) is 0 Å². The zero-order valence-electron chi connectivity index (χ0n) is 13.6. The van der Waals surface area contributed by atoms with Crippen molar-refractivity contribution in [3.63, 3.8) is 0 Å². The number of aliphatic carboxylic acids is 2. The van der Waals surface area contributed by atoms with E-state index < -0.39 is 24.1 Å². The summed E-state index contributed by atoms with van der Waals surface area (Å²) in [6.07, 6.45) is -4.30. The molecule has 134 valence electrons. The fourth-order valence-corrected chi connectivity index (χ4v) is 2.19. The lowest BCUT2D eigenvalue weighted by molar-refractivity contribution is -0.165. The second-order valence-corrected chi connectivity index (χ2v) is 5.49. The Morgan fingerprint density at radius 3 is 2.08 bits per heavy atom. The van der Waals surface area contributed by atoms with Gasteiger partial charge >= 0.3 is 11.9 Å². The molecule has 24 heavy (non-hydrogen) atoms. The van der Waals surface area contributed by atoms with Gasteiger partial charge in [-0.05, 0) is 19.5 Å². The Hall–Kier alpha value is -2.00. The molecule has 1 aliphatic heterocycles. The number of carboxylic acid groups (broad SMARTS) is 2. The lowest BCUT2D eigenvalue weighted by atomic mass is 10.0. The molecule has 1 aliphatic rings. The molecule has 0 amide bonds. The van der Waals surface area contributed by atoms with Crippen LogP contribution in [0.4, 0.5) is 0 Å². The van der Waals surface area contributed by atoms with Crippen LogP contribution in [-0.2, 0) is 14.3 Å². The number of hydrogen-bond acceptors (Lipinski definition) is 6. The minimum Gasteiger partial charge on any atom is -0.479 e. The average molecular weight is 341 g/mol. The van der Waals surface area contributed by atoms with E-state index in [1.165, 1.54) is 5.56 Å². The maximum atomic E-state index is 9.77. The number of aliphatic hydroxyl groups is 2. The molecule has 0 spiro atoms. The summed E-state index contributed by atoms with van der Waals surface area (Å²) in [5.74, 6) is -3.54. The summed E-state index contributed by atoms with van der Waals surface area (Å²) in [6.45, 7) is 4.09. The molecule has 4 atom stereocenters. The number of rotatable bonds is 4. The van der Waals surface area contributed by atoms with Crippen molar-refractivity contribution in [1.82, 2.24) is 4.90 Å². The first kappa shape index (κ1) is 20.0. The lowest BCUT2D eigenvalue weighted by Crippen LogP contribution is -2.42. The Morgan fingerprint density at radius 2 is 1.62 bits per heavy atom. The molecule has 8 heteroatoms. The van der Waals surface area contributed by atoms with Crippen LogP contribution in [0.1, 0.15) is 18.6 Å².